The van der Waals surface area contributed by atoms with Crippen molar-refractivity contribution in [3.8, 4) is 5.75 Å². The Morgan fingerprint density at radius 1 is 1.04 bits per heavy atom. The molecular weight excluding hydrogens is 361 g/mol. The van der Waals surface area contributed by atoms with Crippen LogP contribution in [0.2, 0.25) is 0 Å². The first kappa shape index (κ1) is 19.0. The molecule has 5 nitrogen and oxygen atoms in total. The minimum absolute atomic E-state index is 0.0291. The first-order valence-electron chi connectivity index (χ1n) is 8.46. The number of ketones is 1. The maximum absolute atomic E-state index is 13.6. The monoisotopic (exact) mass is 377 g/mol. The smallest absolute Gasteiger partial charge is 0.269 e. The van der Waals surface area contributed by atoms with E-state index in [9.17, 15) is 19.3 Å². The van der Waals surface area contributed by atoms with Crippen LogP contribution in [0.25, 0.3) is 6.08 Å². The third-order valence-corrected chi connectivity index (χ3v) is 3.98. The number of ether oxygens (including phenoxy) is 1. The fourth-order valence-electron chi connectivity index (χ4n) is 2.52. The van der Waals surface area contributed by atoms with Crippen LogP contribution in [0.1, 0.15) is 21.5 Å². The highest BCUT2D eigenvalue weighted by Crippen LogP contribution is 2.23. The van der Waals surface area contributed by atoms with Crippen LogP contribution < -0.4 is 4.74 Å². The van der Waals surface area contributed by atoms with Gasteiger partial charge in [0.1, 0.15) is 18.2 Å². The lowest BCUT2D eigenvalue weighted by atomic mass is 10.1. The number of hydrogen-bond acceptors (Lipinski definition) is 4. The molecule has 0 aliphatic rings. The molecule has 0 heterocycles. The van der Waals surface area contributed by atoms with Gasteiger partial charge in [0.2, 0.25) is 0 Å². The molecule has 0 bridgehead atoms. The van der Waals surface area contributed by atoms with Crippen LogP contribution in [-0.2, 0) is 6.61 Å². The molecule has 140 valence electrons. The van der Waals surface area contributed by atoms with Gasteiger partial charge in [-0.1, -0.05) is 36.4 Å². The number of nitro groups is 1. The summed E-state index contributed by atoms with van der Waals surface area (Å²) in [6.45, 7) is 0.205. The fraction of sp³-hybridized carbons (Fsp3) is 0.0455. The normalized spacial score (nSPS) is 10.8. The van der Waals surface area contributed by atoms with Gasteiger partial charge in [0.25, 0.3) is 5.69 Å². The average molecular weight is 377 g/mol. The van der Waals surface area contributed by atoms with Crippen molar-refractivity contribution < 1.29 is 18.8 Å². The number of nitro benzene ring substituents is 1. The van der Waals surface area contributed by atoms with Gasteiger partial charge in [0.05, 0.1) is 10.5 Å². The van der Waals surface area contributed by atoms with Crippen molar-refractivity contribution in [1.29, 1.82) is 0 Å². The summed E-state index contributed by atoms with van der Waals surface area (Å²) >= 11 is 0. The molecule has 0 saturated carbocycles. The number of non-ortho nitro benzene ring substituents is 1. The number of halogens is 1. The SMILES string of the molecule is O=C(C=Cc1ccc([N+](=O)[O-])cc1)c1ccc(F)cc1OCc1ccccc1. The number of hydrogen-bond donors (Lipinski definition) is 0. The fourth-order valence-corrected chi connectivity index (χ4v) is 2.52. The summed E-state index contributed by atoms with van der Waals surface area (Å²) in [5, 5.41) is 10.7. The molecule has 3 rings (SSSR count). The van der Waals surface area contributed by atoms with Gasteiger partial charge in [-0.3, -0.25) is 14.9 Å². The minimum atomic E-state index is -0.501. The Bertz CT molecular complexity index is 1010. The molecule has 0 aliphatic carbocycles. The van der Waals surface area contributed by atoms with Crippen molar-refractivity contribution in [2.75, 3.05) is 0 Å². The Labute approximate surface area is 160 Å². The largest absolute Gasteiger partial charge is 0.488 e. The Kier molecular flexibility index (Phi) is 5.91. The van der Waals surface area contributed by atoms with E-state index in [2.05, 4.69) is 0 Å². The predicted molar refractivity (Wildman–Crippen MR) is 104 cm³/mol. The van der Waals surface area contributed by atoms with Gasteiger partial charge in [-0.2, -0.15) is 0 Å². The molecule has 0 aromatic heterocycles. The van der Waals surface area contributed by atoms with Gasteiger partial charge in [0, 0.05) is 18.2 Å². The van der Waals surface area contributed by atoms with Crippen molar-refractivity contribution in [3.63, 3.8) is 0 Å². The van der Waals surface area contributed by atoms with Crippen molar-refractivity contribution >= 4 is 17.5 Å². The number of nitrogens with zero attached hydrogens (tertiary/aromatic N) is 1. The van der Waals surface area contributed by atoms with Crippen molar-refractivity contribution in [2.24, 2.45) is 0 Å². The number of carbonyl (C=O) groups excluding carboxylic acids is 1. The van der Waals surface area contributed by atoms with E-state index < -0.39 is 10.7 Å². The van der Waals surface area contributed by atoms with Crippen LogP contribution in [0.4, 0.5) is 10.1 Å². The van der Waals surface area contributed by atoms with E-state index in [-0.39, 0.29) is 29.4 Å². The van der Waals surface area contributed by atoms with Gasteiger partial charge >= 0.3 is 0 Å². The van der Waals surface area contributed by atoms with Crippen LogP contribution in [0.5, 0.6) is 5.75 Å². The van der Waals surface area contributed by atoms with Crippen LogP contribution in [0.3, 0.4) is 0 Å². The topological polar surface area (TPSA) is 69.4 Å². The van der Waals surface area contributed by atoms with Gasteiger partial charge in [0.15, 0.2) is 5.78 Å². The molecule has 0 unspecified atom stereocenters. The molecule has 0 radical (unpaired) electrons. The third kappa shape index (κ3) is 4.88. The summed E-state index contributed by atoms with van der Waals surface area (Å²) in [4.78, 5) is 22.7. The second-order valence-electron chi connectivity index (χ2n) is 5.96. The highest BCUT2D eigenvalue weighted by Gasteiger charge is 2.12. The molecule has 6 heteroatoms. The molecule has 0 saturated heterocycles. The van der Waals surface area contributed by atoms with E-state index in [4.69, 9.17) is 4.74 Å². The van der Waals surface area contributed by atoms with Crippen molar-refractivity contribution in [1.82, 2.24) is 0 Å². The molecule has 0 fully saturated rings. The van der Waals surface area contributed by atoms with Crippen molar-refractivity contribution in [2.45, 2.75) is 6.61 Å². The molecule has 3 aromatic rings. The summed E-state index contributed by atoms with van der Waals surface area (Å²) in [5.41, 5.74) is 1.73. The number of rotatable bonds is 7. The summed E-state index contributed by atoms with van der Waals surface area (Å²) in [5.74, 6) is -0.706. The highest BCUT2D eigenvalue weighted by molar-refractivity contribution is 6.08. The zero-order valence-electron chi connectivity index (χ0n) is 14.7. The Morgan fingerprint density at radius 2 is 1.75 bits per heavy atom. The standard InChI is InChI=1S/C22H16FNO4/c23-18-9-12-20(22(14-18)28-15-17-4-2-1-3-5-17)21(25)13-8-16-6-10-19(11-7-16)24(26)27/h1-14H,15H2. The lowest BCUT2D eigenvalue weighted by molar-refractivity contribution is -0.384. The van der Waals surface area contributed by atoms with Crippen LogP contribution in [0, 0.1) is 15.9 Å². The van der Waals surface area contributed by atoms with E-state index >= 15 is 0 Å². The Hall–Kier alpha value is -3.80. The Balaban J connectivity index is 1.76. The zero-order chi connectivity index (χ0) is 19.9. The zero-order valence-corrected chi connectivity index (χ0v) is 14.7. The van der Waals surface area contributed by atoms with Gasteiger partial charge in [-0.05, 0) is 41.5 Å². The predicted octanol–water partition coefficient (Wildman–Crippen LogP) is 5.21. The summed E-state index contributed by atoms with van der Waals surface area (Å²) in [7, 11) is 0. The molecule has 0 spiro atoms. The first-order chi connectivity index (χ1) is 13.5. The van der Waals surface area contributed by atoms with E-state index in [0.717, 1.165) is 5.56 Å². The van der Waals surface area contributed by atoms with Crippen LogP contribution >= 0.6 is 0 Å². The highest BCUT2D eigenvalue weighted by atomic mass is 19.1. The molecule has 3 aromatic carbocycles. The van der Waals surface area contributed by atoms with Crippen LogP contribution in [0.15, 0.2) is 78.9 Å². The summed E-state index contributed by atoms with van der Waals surface area (Å²) in [6, 6.07) is 18.9. The average Bonchev–Trinajstić information content (AvgIpc) is 2.71. The van der Waals surface area contributed by atoms with E-state index in [0.29, 0.717) is 5.56 Å². The summed E-state index contributed by atoms with van der Waals surface area (Å²) < 4.78 is 19.3. The Morgan fingerprint density at radius 3 is 2.43 bits per heavy atom. The number of allylic oxidation sites excluding steroid dienone is 1. The van der Waals surface area contributed by atoms with Gasteiger partial charge < -0.3 is 4.74 Å². The molecule has 0 atom stereocenters. The second kappa shape index (κ2) is 8.73. The number of carbonyl (C=O) groups is 1. The minimum Gasteiger partial charge on any atom is -0.488 e. The van der Waals surface area contributed by atoms with E-state index in [1.165, 1.54) is 42.5 Å². The third-order valence-electron chi connectivity index (χ3n) is 3.98. The lowest BCUT2D eigenvalue weighted by Crippen LogP contribution is -2.03. The summed E-state index contributed by atoms with van der Waals surface area (Å²) in [6.07, 6.45) is 2.86. The maximum Gasteiger partial charge on any atom is 0.269 e. The van der Waals surface area contributed by atoms with Crippen molar-refractivity contribution in [3.05, 3.63) is 111 Å². The lowest BCUT2D eigenvalue weighted by Gasteiger charge is -2.10. The molecule has 28 heavy (non-hydrogen) atoms. The second-order valence-corrected chi connectivity index (χ2v) is 5.96. The maximum atomic E-state index is 13.6. The first-order valence-corrected chi connectivity index (χ1v) is 8.46. The van der Waals surface area contributed by atoms with E-state index in [1.807, 2.05) is 30.3 Å². The quantitative estimate of drug-likeness (QED) is 0.245. The van der Waals surface area contributed by atoms with Crippen LogP contribution in [-0.4, -0.2) is 10.7 Å². The molecule has 0 amide bonds. The molecular formula is C22H16FNO4. The van der Waals surface area contributed by atoms with Gasteiger partial charge in [-0.15, -0.1) is 0 Å². The van der Waals surface area contributed by atoms with E-state index in [1.54, 1.807) is 12.1 Å². The molecule has 0 N–H and O–H groups in total. The van der Waals surface area contributed by atoms with Gasteiger partial charge in [-0.25, -0.2) is 4.39 Å². The number of benzene rings is 3. The molecule has 0 aliphatic heterocycles.